The summed E-state index contributed by atoms with van der Waals surface area (Å²) in [6.45, 7) is 5.27. The quantitative estimate of drug-likeness (QED) is 0.108. The van der Waals surface area contributed by atoms with E-state index in [9.17, 15) is 24.0 Å². The van der Waals surface area contributed by atoms with Crippen molar-refractivity contribution in [1.29, 1.82) is 5.26 Å². The molecule has 0 spiro atoms. The van der Waals surface area contributed by atoms with Crippen molar-refractivity contribution in [1.82, 2.24) is 5.32 Å². The summed E-state index contributed by atoms with van der Waals surface area (Å²) in [6.07, 6.45) is 2.18. The number of nitrogens with one attached hydrogen (secondary N) is 2. The zero-order valence-electron chi connectivity index (χ0n) is 24.3. The summed E-state index contributed by atoms with van der Waals surface area (Å²) in [5.41, 5.74) is 1.78. The molecule has 0 saturated carbocycles. The molecular formula is C33H30ClN3O7. The Morgan fingerprint density at radius 2 is 1.52 bits per heavy atom. The number of hydrogen-bond acceptors (Lipinski definition) is 9. The van der Waals surface area contributed by atoms with Crippen molar-refractivity contribution in [3.05, 3.63) is 112 Å². The lowest BCUT2D eigenvalue weighted by Gasteiger charge is -2.32. The fraction of sp³-hybridized carbons (Fsp3) is 0.212. The highest BCUT2D eigenvalue weighted by atomic mass is 35.5. The van der Waals surface area contributed by atoms with Gasteiger partial charge in [-0.05, 0) is 42.8 Å². The van der Waals surface area contributed by atoms with Gasteiger partial charge in [-0.2, -0.15) is 5.26 Å². The SMILES string of the molecule is CC1(C)OC(=O)C(C(=O)c2ccccc2Cl)C(=O)O1.CCCNC(=O)/C(=C\Nc1ccc(C#N)cc1)C(=O)c1ccccc1. The first-order chi connectivity index (χ1) is 21.0. The molecule has 10 nitrogen and oxygen atoms in total. The second-order valence-corrected chi connectivity index (χ2v) is 10.3. The third-order valence-corrected chi connectivity index (χ3v) is 6.35. The van der Waals surface area contributed by atoms with Crippen LogP contribution in [0.4, 0.5) is 5.69 Å². The normalized spacial score (nSPS) is 14.1. The molecule has 44 heavy (non-hydrogen) atoms. The second-order valence-electron chi connectivity index (χ2n) is 9.86. The Labute approximate surface area is 259 Å². The molecule has 0 radical (unpaired) electrons. The summed E-state index contributed by atoms with van der Waals surface area (Å²) in [5.74, 6) is -6.32. The highest BCUT2D eigenvalue weighted by molar-refractivity contribution is 6.35. The van der Waals surface area contributed by atoms with E-state index in [1.807, 2.05) is 19.1 Å². The first-order valence-corrected chi connectivity index (χ1v) is 13.9. The van der Waals surface area contributed by atoms with Gasteiger partial charge in [0.1, 0.15) is 5.57 Å². The standard InChI is InChI=1S/C20H19N3O2.C13H11ClO5/c1-2-12-22-20(25)18(19(24)16-6-4-3-5-7-16)14-23-17-10-8-15(13-21)9-11-17;1-13(2)18-11(16)9(12(17)19-13)10(15)7-5-3-4-6-8(7)14/h3-11,14,23H,2,12H2,1H3,(H,22,25);3-6,9H,1-2H3/b18-14-;. The average Bonchev–Trinajstić information content (AvgIpc) is 3.00. The fourth-order valence-corrected chi connectivity index (χ4v) is 4.09. The van der Waals surface area contributed by atoms with Crippen LogP contribution in [0.2, 0.25) is 5.02 Å². The third-order valence-electron chi connectivity index (χ3n) is 6.02. The van der Waals surface area contributed by atoms with Gasteiger partial charge in [-0.3, -0.25) is 24.0 Å². The lowest BCUT2D eigenvalue weighted by atomic mass is 9.96. The van der Waals surface area contributed by atoms with E-state index in [2.05, 4.69) is 10.6 Å². The number of cyclic esters (lactones) is 2. The highest BCUT2D eigenvalue weighted by Crippen LogP contribution is 2.27. The lowest BCUT2D eigenvalue weighted by molar-refractivity contribution is -0.236. The summed E-state index contributed by atoms with van der Waals surface area (Å²) >= 11 is 5.86. The first-order valence-electron chi connectivity index (χ1n) is 13.6. The van der Waals surface area contributed by atoms with Gasteiger partial charge in [-0.25, -0.2) is 0 Å². The molecule has 2 N–H and O–H groups in total. The number of Topliss-reactive ketones (excluding diaryl/α,β-unsaturated/α-hetero) is 2. The van der Waals surface area contributed by atoms with E-state index < -0.39 is 35.3 Å². The molecule has 3 aromatic rings. The summed E-state index contributed by atoms with van der Waals surface area (Å²) < 4.78 is 9.79. The van der Waals surface area contributed by atoms with Gasteiger partial charge in [0.15, 0.2) is 11.6 Å². The van der Waals surface area contributed by atoms with Crippen LogP contribution >= 0.6 is 11.6 Å². The van der Waals surface area contributed by atoms with Crippen molar-refractivity contribution in [2.75, 3.05) is 11.9 Å². The maximum atomic E-state index is 12.7. The molecule has 1 fully saturated rings. The number of nitrogens with zero attached hydrogens (tertiary/aromatic N) is 1. The van der Waals surface area contributed by atoms with Gasteiger partial charge >= 0.3 is 11.9 Å². The van der Waals surface area contributed by atoms with E-state index >= 15 is 0 Å². The number of amides is 1. The molecule has 226 valence electrons. The van der Waals surface area contributed by atoms with E-state index in [4.69, 9.17) is 26.3 Å². The molecule has 0 aromatic heterocycles. The lowest BCUT2D eigenvalue weighted by Crippen LogP contribution is -2.49. The number of nitriles is 1. The molecule has 4 rings (SSSR count). The zero-order valence-corrected chi connectivity index (χ0v) is 25.0. The van der Waals surface area contributed by atoms with Gasteiger partial charge in [-0.15, -0.1) is 0 Å². The van der Waals surface area contributed by atoms with Crippen LogP contribution in [0.1, 0.15) is 53.5 Å². The van der Waals surface area contributed by atoms with Gasteiger partial charge in [0.05, 0.1) is 16.7 Å². The minimum atomic E-state index is -1.62. The van der Waals surface area contributed by atoms with E-state index in [0.29, 0.717) is 23.4 Å². The average molecular weight is 616 g/mol. The number of benzene rings is 3. The van der Waals surface area contributed by atoms with Crippen LogP contribution in [-0.2, 0) is 23.9 Å². The Morgan fingerprint density at radius 3 is 2.09 bits per heavy atom. The molecular weight excluding hydrogens is 586 g/mol. The largest absolute Gasteiger partial charge is 0.422 e. The molecule has 1 aliphatic rings. The Bertz CT molecular complexity index is 1590. The predicted octanol–water partition coefficient (Wildman–Crippen LogP) is 5.24. The Morgan fingerprint density at radius 1 is 0.932 bits per heavy atom. The monoisotopic (exact) mass is 615 g/mol. The van der Waals surface area contributed by atoms with Crippen LogP contribution in [0.15, 0.2) is 90.6 Å². The number of rotatable bonds is 9. The number of anilines is 1. The molecule has 1 heterocycles. The van der Waals surface area contributed by atoms with Crippen LogP contribution in [0.5, 0.6) is 0 Å². The van der Waals surface area contributed by atoms with Crippen molar-refractivity contribution in [2.45, 2.75) is 33.0 Å². The number of carbonyl (C=O) groups excluding carboxylic acids is 5. The summed E-state index contributed by atoms with van der Waals surface area (Å²) in [5, 5.41) is 14.7. The van der Waals surface area contributed by atoms with Crippen LogP contribution in [0.3, 0.4) is 0 Å². The van der Waals surface area contributed by atoms with E-state index in [0.717, 1.165) is 6.42 Å². The molecule has 1 amide bonds. The number of esters is 2. The number of halogens is 1. The van der Waals surface area contributed by atoms with Gasteiger partial charge < -0.3 is 20.1 Å². The van der Waals surface area contributed by atoms with Crippen molar-refractivity contribution in [2.24, 2.45) is 5.92 Å². The predicted molar refractivity (Wildman–Crippen MR) is 162 cm³/mol. The minimum Gasteiger partial charge on any atom is -0.422 e. The number of carbonyl (C=O) groups is 5. The van der Waals surface area contributed by atoms with Crippen molar-refractivity contribution in [3.8, 4) is 6.07 Å². The topological polar surface area (TPSA) is 152 Å². The summed E-state index contributed by atoms with van der Waals surface area (Å²) in [4.78, 5) is 60.7. The molecule has 0 aliphatic carbocycles. The molecule has 1 saturated heterocycles. The second kappa shape index (κ2) is 15.3. The first kappa shape index (κ1) is 33.2. The van der Waals surface area contributed by atoms with Crippen LogP contribution in [-0.4, -0.2) is 41.7 Å². The van der Waals surface area contributed by atoms with Crippen molar-refractivity contribution >= 4 is 46.7 Å². The highest BCUT2D eigenvalue weighted by Gasteiger charge is 2.47. The molecule has 0 atom stereocenters. The van der Waals surface area contributed by atoms with Crippen molar-refractivity contribution in [3.63, 3.8) is 0 Å². The molecule has 0 bridgehead atoms. The maximum Gasteiger partial charge on any atom is 0.331 e. The van der Waals surface area contributed by atoms with Crippen LogP contribution in [0.25, 0.3) is 0 Å². The Kier molecular flexibility index (Phi) is 11.5. The molecule has 1 aliphatic heterocycles. The van der Waals surface area contributed by atoms with Crippen LogP contribution < -0.4 is 10.6 Å². The van der Waals surface area contributed by atoms with E-state index in [-0.39, 0.29) is 21.9 Å². The van der Waals surface area contributed by atoms with Gasteiger partial charge in [-0.1, -0.05) is 61.0 Å². The smallest absolute Gasteiger partial charge is 0.331 e. The van der Waals surface area contributed by atoms with E-state index in [1.165, 1.54) is 32.2 Å². The number of hydrogen-bond donors (Lipinski definition) is 2. The minimum absolute atomic E-state index is 0.0315. The zero-order chi connectivity index (χ0) is 32.3. The number of ether oxygens (including phenoxy) is 2. The number of ketones is 2. The van der Waals surface area contributed by atoms with Crippen LogP contribution in [0, 0.1) is 17.2 Å². The van der Waals surface area contributed by atoms with Gasteiger partial charge in [0.2, 0.25) is 5.92 Å². The molecule has 3 aromatic carbocycles. The third kappa shape index (κ3) is 8.86. The Balaban J connectivity index is 0.000000249. The maximum absolute atomic E-state index is 12.7. The Hall–Kier alpha value is -5.27. The summed E-state index contributed by atoms with van der Waals surface area (Å²) in [6, 6.07) is 23.6. The fourth-order valence-electron chi connectivity index (χ4n) is 3.86. The summed E-state index contributed by atoms with van der Waals surface area (Å²) in [7, 11) is 0. The van der Waals surface area contributed by atoms with E-state index in [1.54, 1.807) is 60.7 Å². The van der Waals surface area contributed by atoms with Crippen molar-refractivity contribution < 1.29 is 33.4 Å². The van der Waals surface area contributed by atoms with Gasteiger partial charge in [0.25, 0.3) is 11.7 Å². The molecule has 0 unspecified atom stereocenters. The van der Waals surface area contributed by atoms with Gasteiger partial charge in [0, 0.05) is 43.4 Å². The molecule has 11 heteroatoms.